The highest BCUT2D eigenvalue weighted by Crippen LogP contribution is 2.22. The minimum absolute atomic E-state index is 0.0114. The van der Waals surface area contributed by atoms with Crippen molar-refractivity contribution < 1.29 is 4.79 Å². The largest absolute Gasteiger partial charge is 0.339 e. The first-order chi connectivity index (χ1) is 9.22. The van der Waals surface area contributed by atoms with E-state index in [1.807, 2.05) is 4.90 Å². The van der Waals surface area contributed by atoms with Gasteiger partial charge in [-0.1, -0.05) is 30.9 Å². The number of rotatable bonds is 2. The summed E-state index contributed by atoms with van der Waals surface area (Å²) >= 11 is 5.98. The van der Waals surface area contributed by atoms with E-state index in [2.05, 4.69) is 5.43 Å². The van der Waals surface area contributed by atoms with Crippen LogP contribution in [-0.4, -0.2) is 23.9 Å². The lowest BCUT2D eigenvalue weighted by molar-refractivity contribution is 0.0743. The summed E-state index contributed by atoms with van der Waals surface area (Å²) in [5.74, 6) is 5.47. The molecule has 1 aliphatic heterocycles. The lowest BCUT2D eigenvalue weighted by Gasteiger charge is -2.25. The van der Waals surface area contributed by atoms with Gasteiger partial charge in [0, 0.05) is 18.1 Å². The summed E-state index contributed by atoms with van der Waals surface area (Å²) in [7, 11) is 0. The number of hydrogen-bond acceptors (Lipinski definition) is 3. The van der Waals surface area contributed by atoms with Crippen LogP contribution in [0.15, 0.2) is 18.2 Å². The summed E-state index contributed by atoms with van der Waals surface area (Å²) in [6.45, 7) is 1.63. The Morgan fingerprint density at radius 1 is 1.16 bits per heavy atom. The van der Waals surface area contributed by atoms with Crippen LogP contribution in [0, 0.1) is 0 Å². The molecule has 0 aliphatic carbocycles. The Hall–Kier alpha value is -1.26. The van der Waals surface area contributed by atoms with E-state index in [0.717, 1.165) is 25.9 Å². The molecule has 0 unspecified atom stereocenters. The van der Waals surface area contributed by atoms with Gasteiger partial charge in [0.25, 0.3) is 5.91 Å². The number of carbonyl (C=O) groups is 1. The zero-order valence-electron chi connectivity index (χ0n) is 11.0. The number of nitrogens with zero attached hydrogens (tertiary/aromatic N) is 1. The normalized spacial score (nSPS) is 16.6. The van der Waals surface area contributed by atoms with Crippen molar-refractivity contribution in [1.82, 2.24) is 4.90 Å². The Labute approximate surface area is 118 Å². The van der Waals surface area contributed by atoms with E-state index in [-0.39, 0.29) is 5.91 Å². The Bertz CT molecular complexity index is 442. The minimum Gasteiger partial charge on any atom is -0.339 e. The van der Waals surface area contributed by atoms with Gasteiger partial charge in [-0.25, -0.2) is 0 Å². The summed E-state index contributed by atoms with van der Waals surface area (Å²) < 4.78 is 0. The van der Waals surface area contributed by atoms with Crippen LogP contribution in [0.1, 0.15) is 42.5 Å². The number of likely N-dealkylation sites (tertiary alicyclic amines) is 1. The molecule has 1 saturated heterocycles. The maximum atomic E-state index is 12.6. The maximum Gasteiger partial charge on any atom is 0.256 e. The van der Waals surface area contributed by atoms with Crippen LogP contribution >= 0.6 is 11.6 Å². The summed E-state index contributed by atoms with van der Waals surface area (Å²) in [6, 6.07) is 5.14. The van der Waals surface area contributed by atoms with E-state index >= 15 is 0 Å². The van der Waals surface area contributed by atoms with Crippen molar-refractivity contribution in [2.75, 3.05) is 18.5 Å². The number of hydrogen-bond donors (Lipinski definition) is 2. The molecule has 2 rings (SSSR count). The first-order valence-electron chi connectivity index (χ1n) is 6.78. The van der Waals surface area contributed by atoms with E-state index in [0.29, 0.717) is 16.3 Å². The molecule has 0 aromatic heterocycles. The molecular weight excluding hydrogens is 262 g/mol. The van der Waals surface area contributed by atoms with Crippen LogP contribution in [0.3, 0.4) is 0 Å². The summed E-state index contributed by atoms with van der Waals surface area (Å²) in [4.78, 5) is 14.5. The number of anilines is 1. The first-order valence-corrected chi connectivity index (χ1v) is 7.15. The fourth-order valence-electron chi connectivity index (χ4n) is 2.44. The average molecular weight is 282 g/mol. The van der Waals surface area contributed by atoms with Crippen LogP contribution in [0.5, 0.6) is 0 Å². The van der Waals surface area contributed by atoms with Gasteiger partial charge in [-0.05, 0) is 31.0 Å². The lowest BCUT2D eigenvalue weighted by Crippen LogP contribution is -2.34. The molecule has 1 amide bonds. The van der Waals surface area contributed by atoms with Crippen molar-refractivity contribution in [3.8, 4) is 0 Å². The number of halogens is 1. The van der Waals surface area contributed by atoms with Crippen LogP contribution < -0.4 is 11.3 Å². The Kier molecular flexibility index (Phi) is 5.05. The first kappa shape index (κ1) is 14.2. The smallest absolute Gasteiger partial charge is 0.256 e. The third-order valence-corrected chi connectivity index (χ3v) is 3.75. The van der Waals surface area contributed by atoms with Gasteiger partial charge in [-0.2, -0.15) is 0 Å². The minimum atomic E-state index is 0.0114. The third kappa shape index (κ3) is 3.61. The highest BCUT2D eigenvalue weighted by molar-refractivity contribution is 6.31. The molecule has 5 heteroatoms. The summed E-state index contributed by atoms with van der Waals surface area (Å²) in [6.07, 6.45) is 5.80. The van der Waals surface area contributed by atoms with E-state index in [4.69, 9.17) is 17.4 Å². The number of amides is 1. The molecule has 1 aliphatic rings. The van der Waals surface area contributed by atoms with Crippen LogP contribution in [-0.2, 0) is 0 Å². The second-order valence-electron chi connectivity index (χ2n) is 4.89. The molecular formula is C14H20ClN3O. The number of hydrazine groups is 1. The standard InChI is InChI=1S/C14H20ClN3O/c15-11-6-7-13(17-16)12(10-11)14(19)18-8-4-2-1-3-5-9-18/h6-7,10,17H,1-5,8-9,16H2. The van der Waals surface area contributed by atoms with Crippen LogP contribution in [0.2, 0.25) is 5.02 Å². The van der Waals surface area contributed by atoms with Crippen LogP contribution in [0.25, 0.3) is 0 Å². The molecule has 0 bridgehead atoms. The average Bonchev–Trinajstić information content (AvgIpc) is 2.37. The second-order valence-corrected chi connectivity index (χ2v) is 5.33. The number of nitrogen functional groups attached to an aromatic ring is 1. The Balaban J connectivity index is 2.19. The van der Waals surface area contributed by atoms with Gasteiger partial charge in [-0.3, -0.25) is 10.6 Å². The SMILES string of the molecule is NNc1ccc(Cl)cc1C(=O)N1CCCCCCC1. The Morgan fingerprint density at radius 3 is 2.42 bits per heavy atom. The third-order valence-electron chi connectivity index (χ3n) is 3.51. The predicted octanol–water partition coefficient (Wildman–Crippen LogP) is 3.03. The fourth-order valence-corrected chi connectivity index (χ4v) is 2.61. The van der Waals surface area contributed by atoms with Gasteiger partial charge in [-0.15, -0.1) is 0 Å². The van der Waals surface area contributed by atoms with E-state index in [1.165, 1.54) is 19.3 Å². The maximum absolute atomic E-state index is 12.6. The molecule has 0 radical (unpaired) electrons. The van der Waals surface area contributed by atoms with Gasteiger partial charge >= 0.3 is 0 Å². The molecule has 104 valence electrons. The number of nitrogens with one attached hydrogen (secondary N) is 1. The van der Waals surface area contributed by atoms with Gasteiger partial charge in [0.15, 0.2) is 0 Å². The summed E-state index contributed by atoms with van der Waals surface area (Å²) in [5, 5.41) is 0.550. The molecule has 1 fully saturated rings. The zero-order valence-corrected chi connectivity index (χ0v) is 11.7. The van der Waals surface area contributed by atoms with Crippen molar-refractivity contribution in [3.63, 3.8) is 0 Å². The molecule has 4 nitrogen and oxygen atoms in total. The van der Waals surface area contributed by atoms with Gasteiger partial charge in [0.1, 0.15) is 0 Å². The highest BCUT2D eigenvalue weighted by atomic mass is 35.5. The monoisotopic (exact) mass is 281 g/mol. The lowest BCUT2D eigenvalue weighted by atomic mass is 10.1. The number of benzene rings is 1. The van der Waals surface area contributed by atoms with Gasteiger partial charge in [0.2, 0.25) is 0 Å². The van der Waals surface area contributed by atoms with E-state index < -0.39 is 0 Å². The Morgan fingerprint density at radius 2 is 1.79 bits per heavy atom. The predicted molar refractivity (Wildman–Crippen MR) is 78.3 cm³/mol. The summed E-state index contributed by atoms with van der Waals surface area (Å²) in [5.41, 5.74) is 3.74. The van der Waals surface area contributed by atoms with Crippen LogP contribution in [0.4, 0.5) is 5.69 Å². The fraction of sp³-hybridized carbons (Fsp3) is 0.500. The van der Waals surface area contributed by atoms with Crippen molar-refractivity contribution in [2.24, 2.45) is 5.84 Å². The molecule has 1 heterocycles. The van der Waals surface area contributed by atoms with E-state index in [9.17, 15) is 4.79 Å². The molecule has 0 spiro atoms. The van der Waals surface area contributed by atoms with Crippen molar-refractivity contribution in [1.29, 1.82) is 0 Å². The van der Waals surface area contributed by atoms with Crippen molar-refractivity contribution in [3.05, 3.63) is 28.8 Å². The molecule has 3 N–H and O–H groups in total. The molecule has 1 aromatic rings. The molecule has 1 aromatic carbocycles. The second kappa shape index (κ2) is 6.78. The zero-order chi connectivity index (χ0) is 13.7. The molecule has 19 heavy (non-hydrogen) atoms. The topological polar surface area (TPSA) is 58.4 Å². The number of carbonyl (C=O) groups excluding carboxylic acids is 1. The van der Waals surface area contributed by atoms with Gasteiger partial charge in [0.05, 0.1) is 11.3 Å². The quantitative estimate of drug-likeness (QED) is 0.647. The highest BCUT2D eigenvalue weighted by Gasteiger charge is 2.19. The van der Waals surface area contributed by atoms with Gasteiger partial charge < -0.3 is 10.3 Å². The molecule has 0 saturated carbocycles. The molecule has 0 atom stereocenters. The van der Waals surface area contributed by atoms with Crippen molar-refractivity contribution >= 4 is 23.2 Å². The number of nitrogens with two attached hydrogens (primary N) is 1. The van der Waals surface area contributed by atoms with Crippen molar-refractivity contribution in [2.45, 2.75) is 32.1 Å². The van der Waals surface area contributed by atoms with E-state index in [1.54, 1.807) is 18.2 Å².